The van der Waals surface area contributed by atoms with Gasteiger partial charge in [0.25, 0.3) is 11.7 Å². The predicted octanol–water partition coefficient (Wildman–Crippen LogP) is 4.64. The van der Waals surface area contributed by atoms with Gasteiger partial charge in [0.05, 0.1) is 25.8 Å². The van der Waals surface area contributed by atoms with E-state index in [0.29, 0.717) is 28.3 Å². The van der Waals surface area contributed by atoms with Crippen LogP contribution in [-0.2, 0) is 9.59 Å². The maximum atomic E-state index is 13.1. The van der Waals surface area contributed by atoms with Crippen molar-refractivity contribution in [3.63, 3.8) is 0 Å². The number of ether oxygens (including phenoxy) is 2. The summed E-state index contributed by atoms with van der Waals surface area (Å²) >= 11 is 0. The number of methoxy groups -OCH3 is 2. The van der Waals surface area contributed by atoms with Gasteiger partial charge in [-0.25, -0.2) is 0 Å². The number of hydrogen-bond acceptors (Lipinski definition) is 5. The van der Waals surface area contributed by atoms with E-state index in [1.165, 1.54) is 4.90 Å². The van der Waals surface area contributed by atoms with Gasteiger partial charge in [0.15, 0.2) is 0 Å². The first-order valence-corrected chi connectivity index (χ1v) is 10.1. The van der Waals surface area contributed by atoms with E-state index in [9.17, 15) is 14.7 Å². The molecule has 1 fully saturated rings. The number of nitrogens with zero attached hydrogens (tertiary/aromatic N) is 1. The topological polar surface area (TPSA) is 76.1 Å². The van der Waals surface area contributed by atoms with Crippen LogP contribution in [0.4, 0.5) is 5.69 Å². The molecule has 1 atom stereocenters. The zero-order valence-corrected chi connectivity index (χ0v) is 18.0. The van der Waals surface area contributed by atoms with E-state index in [1.807, 2.05) is 19.1 Å². The van der Waals surface area contributed by atoms with Gasteiger partial charge in [-0.15, -0.1) is 0 Å². The van der Waals surface area contributed by atoms with Crippen LogP contribution in [0.15, 0.2) is 78.4 Å². The third-order valence-corrected chi connectivity index (χ3v) is 5.55. The lowest BCUT2D eigenvalue weighted by atomic mass is 9.95. The van der Waals surface area contributed by atoms with Gasteiger partial charge in [0.1, 0.15) is 17.3 Å². The molecule has 0 radical (unpaired) electrons. The van der Waals surface area contributed by atoms with Crippen molar-refractivity contribution < 1.29 is 24.2 Å². The highest BCUT2D eigenvalue weighted by molar-refractivity contribution is 6.51. The number of carbonyl (C=O) groups is 2. The van der Waals surface area contributed by atoms with E-state index in [4.69, 9.17) is 9.47 Å². The Labute approximate surface area is 186 Å². The number of anilines is 1. The smallest absolute Gasteiger partial charge is 0.300 e. The Hall–Kier alpha value is -4.06. The van der Waals surface area contributed by atoms with Crippen molar-refractivity contribution in [2.75, 3.05) is 19.1 Å². The first-order chi connectivity index (χ1) is 15.4. The molecule has 1 aliphatic heterocycles. The van der Waals surface area contributed by atoms with E-state index >= 15 is 0 Å². The Kier molecular flexibility index (Phi) is 5.69. The minimum atomic E-state index is -0.786. The quantitative estimate of drug-likeness (QED) is 0.363. The average Bonchev–Trinajstić information content (AvgIpc) is 3.09. The lowest BCUT2D eigenvalue weighted by molar-refractivity contribution is -0.132. The van der Waals surface area contributed by atoms with E-state index < -0.39 is 17.7 Å². The molecule has 1 N–H and O–H groups in total. The summed E-state index contributed by atoms with van der Waals surface area (Å²) in [4.78, 5) is 27.7. The number of hydrogen-bond donors (Lipinski definition) is 1. The van der Waals surface area contributed by atoms with Crippen molar-refractivity contribution in [1.82, 2.24) is 0 Å². The Morgan fingerprint density at radius 3 is 1.88 bits per heavy atom. The summed E-state index contributed by atoms with van der Waals surface area (Å²) in [5, 5.41) is 11.1. The van der Waals surface area contributed by atoms with Crippen LogP contribution in [0.25, 0.3) is 5.76 Å². The molecular formula is C26H23NO5. The molecule has 1 heterocycles. The number of Topliss-reactive ketones (excluding diaryl/α,β-unsaturated/α-hetero) is 1. The fourth-order valence-corrected chi connectivity index (χ4v) is 3.81. The second-order valence-corrected chi connectivity index (χ2v) is 7.51. The van der Waals surface area contributed by atoms with Gasteiger partial charge in [-0.05, 0) is 61.0 Å². The Bertz CT molecular complexity index is 1180. The van der Waals surface area contributed by atoms with Crippen LogP contribution in [-0.4, -0.2) is 31.0 Å². The van der Waals surface area contributed by atoms with Crippen LogP contribution in [0.2, 0.25) is 0 Å². The van der Waals surface area contributed by atoms with Crippen molar-refractivity contribution in [1.29, 1.82) is 0 Å². The van der Waals surface area contributed by atoms with Gasteiger partial charge < -0.3 is 14.6 Å². The van der Waals surface area contributed by atoms with Crippen LogP contribution in [0, 0.1) is 6.92 Å². The molecule has 0 saturated carbocycles. The van der Waals surface area contributed by atoms with Crippen molar-refractivity contribution in [3.8, 4) is 11.5 Å². The van der Waals surface area contributed by atoms with E-state index in [0.717, 1.165) is 5.56 Å². The predicted molar refractivity (Wildman–Crippen MR) is 122 cm³/mol. The third kappa shape index (κ3) is 3.71. The number of benzene rings is 3. The normalized spacial score (nSPS) is 17.5. The number of rotatable bonds is 5. The number of amides is 1. The van der Waals surface area contributed by atoms with E-state index in [2.05, 4.69) is 0 Å². The standard InChI is InChI=1S/C26H23NO5/c1-16-4-10-19(11-5-16)27-23(17-6-12-20(31-2)13-7-17)22(25(29)26(27)30)24(28)18-8-14-21(32-3)15-9-18/h4-15,23,28H,1-3H3/b24-22+. The summed E-state index contributed by atoms with van der Waals surface area (Å²) < 4.78 is 10.4. The molecule has 0 spiro atoms. The van der Waals surface area contributed by atoms with Gasteiger partial charge in [0, 0.05) is 11.3 Å². The van der Waals surface area contributed by atoms with Crippen LogP contribution < -0.4 is 14.4 Å². The highest BCUT2D eigenvalue weighted by Crippen LogP contribution is 2.42. The third-order valence-electron chi connectivity index (χ3n) is 5.55. The number of aliphatic hydroxyl groups is 1. The molecule has 0 bridgehead atoms. The number of ketones is 1. The summed E-state index contributed by atoms with van der Waals surface area (Å²) in [7, 11) is 3.11. The zero-order valence-electron chi connectivity index (χ0n) is 18.0. The molecule has 32 heavy (non-hydrogen) atoms. The second kappa shape index (κ2) is 8.59. The minimum Gasteiger partial charge on any atom is -0.507 e. The van der Waals surface area contributed by atoms with Crippen molar-refractivity contribution >= 4 is 23.1 Å². The molecule has 6 nitrogen and oxygen atoms in total. The van der Waals surface area contributed by atoms with Gasteiger partial charge in [-0.2, -0.15) is 0 Å². The van der Waals surface area contributed by atoms with Gasteiger partial charge in [-0.3, -0.25) is 14.5 Å². The van der Waals surface area contributed by atoms with Crippen LogP contribution >= 0.6 is 0 Å². The zero-order chi connectivity index (χ0) is 22.8. The Balaban J connectivity index is 1.90. The maximum absolute atomic E-state index is 13.1. The summed E-state index contributed by atoms with van der Waals surface area (Å²) in [5.74, 6) is -0.393. The minimum absolute atomic E-state index is 0.0332. The molecule has 1 saturated heterocycles. The van der Waals surface area contributed by atoms with Gasteiger partial charge >= 0.3 is 0 Å². The summed E-state index contributed by atoms with van der Waals surface area (Å²) in [6.07, 6.45) is 0. The number of aryl methyl sites for hydroxylation is 1. The molecule has 1 aliphatic rings. The fraction of sp³-hybridized carbons (Fsp3) is 0.154. The molecule has 0 aromatic heterocycles. The molecular weight excluding hydrogens is 406 g/mol. The molecule has 1 unspecified atom stereocenters. The molecule has 4 rings (SSSR count). The lowest BCUT2D eigenvalue weighted by Gasteiger charge is -2.25. The van der Waals surface area contributed by atoms with E-state index in [-0.39, 0.29) is 11.3 Å². The largest absolute Gasteiger partial charge is 0.507 e. The molecule has 3 aromatic carbocycles. The molecule has 3 aromatic rings. The van der Waals surface area contributed by atoms with E-state index in [1.54, 1.807) is 74.9 Å². The highest BCUT2D eigenvalue weighted by atomic mass is 16.5. The first-order valence-electron chi connectivity index (χ1n) is 10.1. The summed E-state index contributed by atoms with van der Waals surface area (Å²) in [6, 6.07) is 20.3. The summed E-state index contributed by atoms with van der Waals surface area (Å²) in [5.41, 5.74) is 2.75. The van der Waals surface area contributed by atoms with Crippen LogP contribution in [0.1, 0.15) is 22.7 Å². The van der Waals surface area contributed by atoms with Crippen molar-refractivity contribution in [2.24, 2.45) is 0 Å². The lowest BCUT2D eigenvalue weighted by Crippen LogP contribution is -2.29. The van der Waals surface area contributed by atoms with Gasteiger partial charge in [0.2, 0.25) is 0 Å². The highest BCUT2D eigenvalue weighted by Gasteiger charge is 2.46. The summed E-state index contributed by atoms with van der Waals surface area (Å²) in [6.45, 7) is 1.95. The van der Waals surface area contributed by atoms with Crippen LogP contribution in [0.3, 0.4) is 0 Å². The molecule has 0 aliphatic carbocycles. The number of carbonyl (C=O) groups excluding carboxylic acids is 2. The maximum Gasteiger partial charge on any atom is 0.300 e. The van der Waals surface area contributed by atoms with Crippen molar-refractivity contribution in [3.05, 3.63) is 95.1 Å². The molecule has 1 amide bonds. The second-order valence-electron chi connectivity index (χ2n) is 7.51. The first kappa shape index (κ1) is 21.2. The SMILES string of the molecule is COc1ccc(/C(O)=C2\C(=O)C(=O)N(c3ccc(C)cc3)C2c2ccc(OC)cc2)cc1. The van der Waals surface area contributed by atoms with Crippen LogP contribution in [0.5, 0.6) is 11.5 Å². The van der Waals surface area contributed by atoms with Gasteiger partial charge in [-0.1, -0.05) is 29.8 Å². The van der Waals surface area contributed by atoms with Crippen molar-refractivity contribution in [2.45, 2.75) is 13.0 Å². The molecule has 162 valence electrons. The molecule has 6 heteroatoms. The Morgan fingerprint density at radius 1 is 0.812 bits per heavy atom. The monoisotopic (exact) mass is 429 g/mol. The fourth-order valence-electron chi connectivity index (χ4n) is 3.81. The Morgan fingerprint density at radius 2 is 1.34 bits per heavy atom. The average molecular weight is 429 g/mol. The number of aliphatic hydroxyl groups excluding tert-OH is 1.